The Balaban J connectivity index is 1.86. The van der Waals surface area contributed by atoms with Crippen molar-refractivity contribution in [2.75, 3.05) is 32.3 Å². The standard InChI is InChI=1S/C19H21NO4S/c1-10-18-12-7-16(24-3)15(23-2)6-11(12)4-5-20(18)13-8-25-9-14(21)17(13)19(10)22/h6-7,10,18H,4-5,8-9H2,1-3H3/t10-,18-/m0/s1. The Hall–Kier alpha value is -1.95. The Kier molecular flexibility index (Phi) is 4.02. The largest absolute Gasteiger partial charge is 0.493 e. The molecular formula is C19H21NO4S. The van der Waals surface area contributed by atoms with E-state index in [0.29, 0.717) is 22.8 Å². The minimum Gasteiger partial charge on any atom is -0.493 e. The number of hydrogen-bond donors (Lipinski definition) is 0. The van der Waals surface area contributed by atoms with Gasteiger partial charge in [-0.3, -0.25) is 9.59 Å². The summed E-state index contributed by atoms with van der Waals surface area (Å²) in [6, 6.07) is 3.98. The van der Waals surface area contributed by atoms with Gasteiger partial charge in [0.05, 0.1) is 31.6 Å². The summed E-state index contributed by atoms with van der Waals surface area (Å²) in [5.74, 6) is 2.27. The van der Waals surface area contributed by atoms with E-state index in [0.717, 1.165) is 30.0 Å². The number of fused-ring (bicyclic) bond motifs is 4. The highest BCUT2D eigenvalue weighted by atomic mass is 32.2. The zero-order valence-electron chi connectivity index (χ0n) is 14.6. The maximum atomic E-state index is 12.9. The number of Topliss-reactive ketones (excluding diaryl/α,β-unsaturated/α-hetero) is 2. The molecule has 3 heterocycles. The first-order valence-electron chi connectivity index (χ1n) is 8.46. The van der Waals surface area contributed by atoms with Crippen LogP contribution in [0.2, 0.25) is 0 Å². The second-order valence-corrected chi connectivity index (χ2v) is 7.67. The predicted octanol–water partition coefficient (Wildman–Crippen LogP) is 2.39. The second-order valence-electron chi connectivity index (χ2n) is 6.68. The Morgan fingerprint density at radius 3 is 2.56 bits per heavy atom. The Labute approximate surface area is 151 Å². The number of allylic oxidation sites excluding steroid dienone is 1. The Morgan fingerprint density at radius 2 is 1.84 bits per heavy atom. The summed E-state index contributed by atoms with van der Waals surface area (Å²) >= 11 is 1.60. The quantitative estimate of drug-likeness (QED) is 0.756. The molecule has 1 aromatic carbocycles. The first-order valence-corrected chi connectivity index (χ1v) is 9.62. The molecular weight excluding hydrogens is 338 g/mol. The van der Waals surface area contributed by atoms with Crippen molar-refractivity contribution in [2.45, 2.75) is 19.4 Å². The summed E-state index contributed by atoms with van der Waals surface area (Å²) in [7, 11) is 3.26. The van der Waals surface area contributed by atoms with Crippen LogP contribution in [0.3, 0.4) is 0 Å². The molecule has 3 aliphatic rings. The van der Waals surface area contributed by atoms with E-state index in [2.05, 4.69) is 4.90 Å². The van der Waals surface area contributed by atoms with Crippen LogP contribution in [-0.4, -0.2) is 48.7 Å². The predicted molar refractivity (Wildman–Crippen MR) is 96.2 cm³/mol. The number of rotatable bonds is 2. The number of nitrogens with zero attached hydrogens (tertiary/aromatic N) is 1. The van der Waals surface area contributed by atoms with E-state index in [1.54, 1.807) is 26.0 Å². The molecule has 6 heteroatoms. The molecule has 0 aliphatic carbocycles. The average molecular weight is 359 g/mol. The number of benzene rings is 1. The summed E-state index contributed by atoms with van der Waals surface area (Å²) in [5.41, 5.74) is 3.68. The highest BCUT2D eigenvalue weighted by Gasteiger charge is 2.45. The SMILES string of the molecule is COc1cc2c(cc1OC)[C@@H]1[C@H](C)C(=O)C3=C(CSCC3=O)N1CC2. The smallest absolute Gasteiger partial charge is 0.178 e. The lowest BCUT2D eigenvalue weighted by atomic mass is 9.77. The van der Waals surface area contributed by atoms with E-state index < -0.39 is 0 Å². The van der Waals surface area contributed by atoms with Gasteiger partial charge in [-0.15, -0.1) is 11.8 Å². The van der Waals surface area contributed by atoms with Crippen LogP contribution in [-0.2, 0) is 16.0 Å². The molecule has 0 N–H and O–H groups in total. The molecule has 0 bridgehead atoms. The molecule has 0 saturated heterocycles. The van der Waals surface area contributed by atoms with E-state index in [4.69, 9.17) is 9.47 Å². The number of carbonyl (C=O) groups excluding carboxylic acids is 2. The number of ketones is 2. The molecule has 4 rings (SSSR count). The van der Waals surface area contributed by atoms with Gasteiger partial charge in [-0.1, -0.05) is 6.92 Å². The van der Waals surface area contributed by atoms with Crippen molar-refractivity contribution < 1.29 is 19.1 Å². The van der Waals surface area contributed by atoms with Gasteiger partial charge in [0.25, 0.3) is 0 Å². The molecule has 0 unspecified atom stereocenters. The van der Waals surface area contributed by atoms with Crippen molar-refractivity contribution in [3.05, 3.63) is 34.5 Å². The van der Waals surface area contributed by atoms with Crippen molar-refractivity contribution in [1.29, 1.82) is 0 Å². The fourth-order valence-electron chi connectivity index (χ4n) is 4.24. The second kappa shape index (κ2) is 6.09. The van der Waals surface area contributed by atoms with Gasteiger partial charge in [0.2, 0.25) is 0 Å². The van der Waals surface area contributed by atoms with Crippen LogP contribution in [0.5, 0.6) is 11.5 Å². The summed E-state index contributed by atoms with van der Waals surface area (Å²) < 4.78 is 10.9. The zero-order valence-corrected chi connectivity index (χ0v) is 15.4. The number of carbonyl (C=O) groups is 2. The van der Waals surface area contributed by atoms with E-state index in [1.807, 2.05) is 19.1 Å². The normalized spacial score (nSPS) is 25.3. The van der Waals surface area contributed by atoms with Crippen LogP contribution in [0, 0.1) is 5.92 Å². The van der Waals surface area contributed by atoms with Gasteiger partial charge in [-0.25, -0.2) is 0 Å². The minimum atomic E-state index is -0.247. The van der Waals surface area contributed by atoms with Crippen molar-refractivity contribution in [1.82, 2.24) is 4.90 Å². The highest BCUT2D eigenvalue weighted by Crippen LogP contribution is 2.47. The number of thioether (sulfide) groups is 1. The van der Waals surface area contributed by atoms with Gasteiger partial charge in [-0.05, 0) is 29.7 Å². The Morgan fingerprint density at radius 1 is 1.12 bits per heavy atom. The molecule has 0 spiro atoms. The first-order chi connectivity index (χ1) is 12.1. The molecule has 2 atom stereocenters. The van der Waals surface area contributed by atoms with Crippen molar-refractivity contribution in [2.24, 2.45) is 5.92 Å². The molecule has 1 aromatic rings. The lowest BCUT2D eigenvalue weighted by Gasteiger charge is -2.47. The van der Waals surface area contributed by atoms with Gasteiger partial charge in [0.1, 0.15) is 0 Å². The van der Waals surface area contributed by atoms with Gasteiger partial charge in [0, 0.05) is 23.9 Å². The summed E-state index contributed by atoms with van der Waals surface area (Å²) in [5, 5.41) is 0. The van der Waals surface area contributed by atoms with Crippen molar-refractivity contribution in [3.8, 4) is 11.5 Å². The van der Waals surface area contributed by atoms with Crippen LogP contribution in [0.1, 0.15) is 24.1 Å². The van der Waals surface area contributed by atoms with Crippen LogP contribution in [0.15, 0.2) is 23.4 Å². The Bertz CT molecular complexity index is 801. The van der Waals surface area contributed by atoms with Gasteiger partial charge < -0.3 is 14.4 Å². The minimum absolute atomic E-state index is 0.0100. The van der Waals surface area contributed by atoms with Crippen LogP contribution in [0.4, 0.5) is 0 Å². The van der Waals surface area contributed by atoms with Crippen molar-refractivity contribution in [3.63, 3.8) is 0 Å². The third-order valence-corrected chi connectivity index (χ3v) is 6.39. The van der Waals surface area contributed by atoms with Gasteiger partial charge >= 0.3 is 0 Å². The molecule has 25 heavy (non-hydrogen) atoms. The lowest BCUT2D eigenvalue weighted by Crippen LogP contribution is -2.48. The maximum Gasteiger partial charge on any atom is 0.178 e. The topological polar surface area (TPSA) is 55.8 Å². The fourth-order valence-corrected chi connectivity index (χ4v) is 5.18. The molecule has 0 radical (unpaired) electrons. The lowest BCUT2D eigenvalue weighted by molar-refractivity contribution is -0.125. The monoisotopic (exact) mass is 359 g/mol. The number of ether oxygens (including phenoxy) is 2. The summed E-state index contributed by atoms with van der Waals surface area (Å²) in [6.07, 6.45) is 0.864. The van der Waals surface area contributed by atoms with Crippen molar-refractivity contribution >= 4 is 23.3 Å². The maximum absolute atomic E-state index is 12.9. The third kappa shape index (κ3) is 2.38. The summed E-state index contributed by atoms with van der Waals surface area (Å²) in [6.45, 7) is 2.75. The zero-order chi connectivity index (χ0) is 17.7. The van der Waals surface area contributed by atoms with E-state index in [-0.39, 0.29) is 23.5 Å². The number of hydrogen-bond acceptors (Lipinski definition) is 6. The third-order valence-electron chi connectivity index (χ3n) is 5.44. The number of methoxy groups -OCH3 is 2. The van der Waals surface area contributed by atoms with Crippen LogP contribution in [0.25, 0.3) is 0 Å². The molecule has 0 amide bonds. The molecule has 0 saturated carbocycles. The molecule has 5 nitrogen and oxygen atoms in total. The molecule has 3 aliphatic heterocycles. The van der Waals surface area contributed by atoms with E-state index in [1.165, 1.54) is 5.56 Å². The van der Waals surface area contributed by atoms with Gasteiger partial charge in [-0.2, -0.15) is 0 Å². The molecule has 0 fully saturated rings. The van der Waals surface area contributed by atoms with Crippen LogP contribution < -0.4 is 9.47 Å². The van der Waals surface area contributed by atoms with E-state index in [9.17, 15) is 9.59 Å². The van der Waals surface area contributed by atoms with Crippen LogP contribution >= 0.6 is 11.8 Å². The average Bonchev–Trinajstić information content (AvgIpc) is 2.63. The van der Waals surface area contributed by atoms with E-state index >= 15 is 0 Å². The summed E-state index contributed by atoms with van der Waals surface area (Å²) in [4.78, 5) is 27.5. The highest BCUT2D eigenvalue weighted by molar-refractivity contribution is 8.00. The van der Waals surface area contributed by atoms with Gasteiger partial charge in [0.15, 0.2) is 23.1 Å². The molecule has 132 valence electrons. The fraction of sp³-hybridized carbons (Fsp3) is 0.474. The first kappa shape index (κ1) is 16.5. The molecule has 0 aromatic heterocycles.